The number of hydrogen-bond acceptors (Lipinski definition) is 4. The van der Waals surface area contributed by atoms with Crippen LogP contribution in [-0.4, -0.2) is 34.0 Å². The first-order valence-corrected chi connectivity index (χ1v) is 8.27. The number of ether oxygens (including phenoxy) is 1. The molecule has 2 aromatic rings. The summed E-state index contributed by atoms with van der Waals surface area (Å²) in [5.74, 6) is 0.00916. The monoisotopic (exact) mass is 326 g/mol. The molecule has 0 bridgehead atoms. The molecule has 5 nitrogen and oxygen atoms in total. The summed E-state index contributed by atoms with van der Waals surface area (Å²) in [7, 11) is 0. The van der Waals surface area contributed by atoms with Crippen molar-refractivity contribution in [2.75, 3.05) is 13.1 Å². The number of hydrogen-bond donors (Lipinski definition) is 1. The van der Waals surface area contributed by atoms with Crippen molar-refractivity contribution >= 4 is 5.97 Å². The van der Waals surface area contributed by atoms with Crippen LogP contribution in [0.2, 0.25) is 0 Å². The zero-order valence-corrected chi connectivity index (χ0v) is 13.6. The zero-order valence-electron chi connectivity index (χ0n) is 13.6. The van der Waals surface area contributed by atoms with Crippen LogP contribution < -0.4 is 4.74 Å². The minimum absolute atomic E-state index is 0.196. The Hall–Kier alpha value is -2.40. The van der Waals surface area contributed by atoms with Crippen molar-refractivity contribution in [3.63, 3.8) is 0 Å². The van der Waals surface area contributed by atoms with Gasteiger partial charge in [0.25, 0.3) is 0 Å². The third kappa shape index (κ3) is 4.32. The van der Waals surface area contributed by atoms with E-state index >= 15 is 0 Å². The number of carbonyl (C=O) groups is 1. The Bertz CT molecular complexity index is 667. The molecule has 0 spiro atoms. The first kappa shape index (κ1) is 16.5. The number of carboxylic acid groups (broad SMARTS) is 1. The van der Waals surface area contributed by atoms with Gasteiger partial charge in [0, 0.05) is 30.1 Å². The molecule has 1 aliphatic heterocycles. The van der Waals surface area contributed by atoms with Crippen molar-refractivity contribution in [1.82, 2.24) is 9.88 Å². The average molecular weight is 326 g/mol. The number of carboxylic acids is 1. The van der Waals surface area contributed by atoms with Crippen molar-refractivity contribution in [3.05, 3.63) is 59.9 Å². The Balaban J connectivity index is 1.59. The summed E-state index contributed by atoms with van der Waals surface area (Å²) in [4.78, 5) is 17.4. The number of aromatic nitrogens is 1. The Kier molecular flexibility index (Phi) is 5.43. The number of pyridine rings is 1. The van der Waals surface area contributed by atoms with Gasteiger partial charge in [-0.3, -0.25) is 14.7 Å². The normalized spacial score (nSPS) is 16.0. The number of likely N-dealkylation sites (tertiary alicyclic amines) is 1. The SMILES string of the molecule is O=C(O)C1CCN(Cc2ccccc2OCc2cccnc2)CC1. The van der Waals surface area contributed by atoms with E-state index in [0.29, 0.717) is 19.4 Å². The van der Waals surface area contributed by atoms with Crippen molar-refractivity contribution < 1.29 is 14.6 Å². The largest absolute Gasteiger partial charge is 0.489 e. The molecule has 24 heavy (non-hydrogen) atoms. The molecule has 3 rings (SSSR count). The van der Waals surface area contributed by atoms with Crippen LogP contribution in [0.4, 0.5) is 0 Å². The van der Waals surface area contributed by atoms with Gasteiger partial charge in [0.2, 0.25) is 0 Å². The molecule has 126 valence electrons. The van der Waals surface area contributed by atoms with Gasteiger partial charge in [-0.2, -0.15) is 0 Å². The highest BCUT2D eigenvalue weighted by Crippen LogP contribution is 2.24. The van der Waals surface area contributed by atoms with Crippen molar-refractivity contribution in [1.29, 1.82) is 0 Å². The molecule has 0 amide bonds. The average Bonchev–Trinajstić information content (AvgIpc) is 2.62. The molecule has 2 heterocycles. The minimum Gasteiger partial charge on any atom is -0.489 e. The molecule has 1 fully saturated rings. The van der Waals surface area contributed by atoms with E-state index in [2.05, 4.69) is 16.0 Å². The molecule has 1 saturated heterocycles. The van der Waals surface area contributed by atoms with Crippen LogP contribution in [0.3, 0.4) is 0 Å². The van der Waals surface area contributed by atoms with E-state index in [-0.39, 0.29) is 5.92 Å². The van der Waals surface area contributed by atoms with Gasteiger partial charge in [-0.25, -0.2) is 0 Å². The molecule has 0 radical (unpaired) electrons. The topological polar surface area (TPSA) is 62.7 Å². The molecule has 1 aromatic heterocycles. The maximum absolute atomic E-state index is 11.0. The first-order chi connectivity index (χ1) is 11.7. The molecule has 1 N–H and O–H groups in total. The van der Waals surface area contributed by atoms with E-state index in [0.717, 1.165) is 36.5 Å². The lowest BCUT2D eigenvalue weighted by Crippen LogP contribution is -2.35. The fourth-order valence-corrected chi connectivity index (χ4v) is 3.00. The Morgan fingerprint density at radius 1 is 1.21 bits per heavy atom. The van der Waals surface area contributed by atoms with Crippen LogP contribution in [0.1, 0.15) is 24.0 Å². The standard InChI is InChI=1S/C19H22N2O3/c22-19(23)16-7-10-21(11-8-16)13-17-5-1-2-6-18(17)24-14-15-4-3-9-20-12-15/h1-6,9,12,16H,7-8,10-11,13-14H2,(H,22,23). The summed E-state index contributed by atoms with van der Waals surface area (Å²) in [5.41, 5.74) is 2.17. The lowest BCUT2D eigenvalue weighted by molar-refractivity contribution is -0.143. The van der Waals surface area contributed by atoms with E-state index in [9.17, 15) is 4.79 Å². The summed E-state index contributed by atoms with van der Waals surface area (Å²) in [6.45, 7) is 2.91. The molecule has 1 aromatic carbocycles. The smallest absolute Gasteiger partial charge is 0.306 e. The van der Waals surface area contributed by atoms with Gasteiger partial charge in [-0.05, 0) is 38.1 Å². The number of rotatable bonds is 6. The lowest BCUT2D eigenvalue weighted by Gasteiger charge is -2.30. The van der Waals surface area contributed by atoms with Gasteiger partial charge in [0.1, 0.15) is 12.4 Å². The van der Waals surface area contributed by atoms with Gasteiger partial charge < -0.3 is 9.84 Å². The fraction of sp³-hybridized carbons (Fsp3) is 0.368. The summed E-state index contributed by atoms with van der Waals surface area (Å²) in [5, 5.41) is 9.09. The maximum Gasteiger partial charge on any atom is 0.306 e. The van der Waals surface area contributed by atoms with Crippen LogP contribution in [0.25, 0.3) is 0 Å². The Labute approximate surface area is 141 Å². The Morgan fingerprint density at radius 2 is 2.00 bits per heavy atom. The van der Waals surface area contributed by atoms with Crippen molar-refractivity contribution in [2.24, 2.45) is 5.92 Å². The second-order valence-corrected chi connectivity index (χ2v) is 6.15. The van der Waals surface area contributed by atoms with E-state index < -0.39 is 5.97 Å². The number of benzene rings is 1. The molecule has 1 aliphatic rings. The van der Waals surface area contributed by atoms with Gasteiger partial charge in [-0.15, -0.1) is 0 Å². The highest BCUT2D eigenvalue weighted by atomic mass is 16.5. The van der Waals surface area contributed by atoms with Crippen LogP contribution in [0, 0.1) is 5.92 Å². The van der Waals surface area contributed by atoms with E-state index in [1.165, 1.54) is 0 Å². The zero-order chi connectivity index (χ0) is 16.8. The number of nitrogens with zero attached hydrogens (tertiary/aromatic N) is 2. The van der Waals surface area contributed by atoms with Gasteiger partial charge in [0.15, 0.2) is 0 Å². The lowest BCUT2D eigenvalue weighted by atomic mass is 9.97. The van der Waals surface area contributed by atoms with Crippen LogP contribution in [0.5, 0.6) is 5.75 Å². The van der Waals surface area contributed by atoms with E-state index in [4.69, 9.17) is 9.84 Å². The summed E-state index contributed by atoms with van der Waals surface area (Å²) in [6, 6.07) is 11.9. The second-order valence-electron chi connectivity index (χ2n) is 6.15. The molecular weight excluding hydrogens is 304 g/mol. The number of piperidine rings is 1. The first-order valence-electron chi connectivity index (χ1n) is 8.27. The predicted octanol–water partition coefficient (Wildman–Crippen LogP) is 2.96. The van der Waals surface area contributed by atoms with Gasteiger partial charge >= 0.3 is 5.97 Å². The summed E-state index contributed by atoms with van der Waals surface area (Å²) in [6.07, 6.45) is 4.99. The predicted molar refractivity (Wildman–Crippen MR) is 90.6 cm³/mol. The quantitative estimate of drug-likeness (QED) is 0.884. The molecule has 0 aliphatic carbocycles. The van der Waals surface area contributed by atoms with Gasteiger partial charge in [-0.1, -0.05) is 24.3 Å². The third-order valence-corrected chi connectivity index (χ3v) is 4.42. The highest BCUT2D eigenvalue weighted by Gasteiger charge is 2.24. The van der Waals surface area contributed by atoms with Crippen molar-refractivity contribution in [2.45, 2.75) is 26.0 Å². The summed E-state index contributed by atoms with van der Waals surface area (Å²) < 4.78 is 5.96. The second kappa shape index (κ2) is 7.93. The molecular formula is C19H22N2O3. The van der Waals surface area contributed by atoms with Crippen LogP contribution in [0.15, 0.2) is 48.8 Å². The van der Waals surface area contributed by atoms with E-state index in [1.807, 2.05) is 30.3 Å². The maximum atomic E-state index is 11.0. The minimum atomic E-state index is -0.671. The molecule has 0 atom stereocenters. The summed E-state index contributed by atoms with van der Waals surface area (Å²) >= 11 is 0. The molecule has 5 heteroatoms. The molecule has 0 unspecified atom stereocenters. The van der Waals surface area contributed by atoms with E-state index in [1.54, 1.807) is 12.4 Å². The van der Waals surface area contributed by atoms with Crippen LogP contribution >= 0.6 is 0 Å². The third-order valence-electron chi connectivity index (χ3n) is 4.42. The number of aliphatic carboxylic acids is 1. The van der Waals surface area contributed by atoms with Crippen LogP contribution in [-0.2, 0) is 17.9 Å². The highest BCUT2D eigenvalue weighted by molar-refractivity contribution is 5.70. The van der Waals surface area contributed by atoms with Gasteiger partial charge in [0.05, 0.1) is 5.92 Å². The molecule has 0 saturated carbocycles. The van der Waals surface area contributed by atoms with Crippen molar-refractivity contribution in [3.8, 4) is 5.75 Å². The Morgan fingerprint density at radius 3 is 2.71 bits per heavy atom. The number of para-hydroxylation sites is 1. The fourth-order valence-electron chi connectivity index (χ4n) is 3.00.